The molecule has 7 heteroatoms. The summed E-state index contributed by atoms with van der Waals surface area (Å²) < 4.78 is 0. The van der Waals surface area contributed by atoms with Crippen LogP contribution in [0, 0.1) is 0 Å². The van der Waals surface area contributed by atoms with Crippen molar-refractivity contribution in [2.24, 2.45) is 11.5 Å². The van der Waals surface area contributed by atoms with Crippen LogP contribution in [0.15, 0.2) is 40.9 Å². The number of hydrogen-bond donors (Lipinski definition) is 3. The first-order chi connectivity index (χ1) is 9.91. The highest BCUT2D eigenvalue weighted by Gasteiger charge is 2.25. The number of nitrogens with one attached hydrogen (secondary N) is 1. The summed E-state index contributed by atoms with van der Waals surface area (Å²) in [7, 11) is 0. The minimum Gasteiger partial charge on any atom is -0.389 e. The van der Waals surface area contributed by atoms with Gasteiger partial charge in [0.15, 0.2) is 0 Å². The second-order valence-electron chi connectivity index (χ2n) is 4.76. The normalized spacial score (nSPS) is 17.7. The van der Waals surface area contributed by atoms with E-state index in [1.807, 2.05) is 25.1 Å². The Morgan fingerprint density at radius 2 is 2.00 bits per heavy atom. The Labute approximate surface area is 139 Å². The van der Waals surface area contributed by atoms with E-state index >= 15 is 0 Å². The maximum Gasteiger partial charge on any atom is 0.120 e. The molecule has 1 aliphatic heterocycles. The fourth-order valence-corrected chi connectivity index (χ4v) is 3.25. The molecule has 0 bridgehead atoms. The van der Waals surface area contributed by atoms with Crippen molar-refractivity contribution in [1.29, 1.82) is 0 Å². The lowest BCUT2D eigenvalue weighted by Gasteiger charge is -2.37. The van der Waals surface area contributed by atoms with Gasteiger partial charge in [0.05, 0.1) is 11.7 Å². The number of halogens is 3. The highest BCUT2D eigenvalue weighted by Crippen LogP contribution is 2.36. The Morgan fingerprint density at radius 3 is 2.57 bits per heavy atom. The first kappa shape index (κ1) is 16.1. The average Bonchev–Trinajstić information content (AvgIpc) is 2.40. The predicted octanol–water partition coefficient (Wildman–Crippen LogP) is 3.13. The molecular formula is C14H17Cl3N4. The molecule has 1 unspecified atom stereocenters. The lowest BCUT2D eigenvalue weighted by molar-refractivity contribution is 0.261. The second-order valence-corrected chi connectivity index (χ2v) is 6.01. The molecule has 1 aromatic carbocycles. The number of benzene rings is 1. The number of nitrogens with zero attached hydrogens (tertiary/aromatic N) is 1. The summed E-state index contributed by atoms with van der Waals surface area (Å²) in [5.74, 6) is 0.528. The summed E-state index contributed by atoms with van der Waals surface area (Å²) >= 11 is 18.4. The van der Waals surface area contributed by atoms with Crippen molar-refractivity contribution in [2.75, 3.05) is 13.1 Å². The van der Waals surface area contributed by atoms with Gasteiger partial charge in [0.25, 0.3) is 0 Å². The minimum absolute atomic E-state index is 0.0610. The largest absolute Gasteiger partial charge is 0.389 e. The molecule has 0 saturated carbocycles. The monoisotopic (exact) mass is 346 g/mol. The molecule has 1 aromatic rings. The summed E-state index contributed by atoms with van der Waals surface area (Å²) in [6, 6.07) is 5.40. The zero-order valence-corrected chi connectivity index (χ0v) is 13.8. The van der Waals surface area contributed by atoms with Gasteiger partial charge in [0, 0.05) is 28.7 Å². The second kappa shape index (κ2) is 6.69. The molecule has 0 radical (unpaired) electrons. The van der Waals surface area contributed by atoms with E-state index in [4.69, 9.17) is 46.3 Å². The third-order valence-corrected chi connectivity index (χ3v) is 4.18. The van der Waals surface area contributed by atoms with Crippen molar-refractivity contribution in [1.82, 2.24) is 10.2 Å². The fraction of sp³-hybridized carbons (Fsp3) is 0.286. The maximum atomic E-state index is 6.29. The van der Waals surface area contributed by atoms with Gasteiger partial charge in [0.1, 0.15) is 11.0 Å². The number of nitrogens with two attached hydrogens (primary N) is 2. The summed E-state index contributed by atoms with van der Waals surface area (Å²) in [4.78, 5) is 2.08. The van der Waals surface area contributed by atoms with Crippen molar-refractivity contribution < 1.29 is 0 Å². The van der Waals surface area contributed by atoms with Gasteiger partial charge >= 0.3 is 0 Å². The third kappa shape index (κ3) is 3.51. The number of allylic oxidation sites excluding steroid dienone is 1. The van der Waals surface area contributed by atoms with Crippen molar-refractivity contribution >= 4 is 34.8 Å². The standard InChI is InChI=1S/C14H17Cl3N4/c1-8(13-9(15)3-2-4-10(13)16)21-6-5-20-14(19)11(21)7-12(17)18/h2-4,7-8,20H,5-6,18-19H2,1H3. The molecule has 5 N–H and O–H groups in total. The molecular weight excluding hydrogens is 331 g/mol. The van der Waals surface area contributed by atoms with E-state index in [9.17, 15) is 0 Å². The van der Waals surface area contributed by atoms with Crippen LogP contribution < -0.4 is 16.8 Å². The average molecular weight is 348 g/mol. The quantitative estimate of drug-likeness (QED) is 0.735. The topological polar surface area (TPSA) is 67.3 Å². The van der Waals surface area contributed by atoms with Crippen molar-refractivity contribution in [3.8, 4) is 0 Å². The van der Waals surface area contributed by atoms with E-state index in [2.05, 4.69) is 10.2 Å². The molecule has 0 saturated heterocycles. The van der Waals surface area contributed by atoms with Crippen LogP contribution in [0.1, 0.15) is 18.5 Å². The molecule has 1 aliphatic rings. The molecule has 0 amide bonds. The van der Waals surface area contributed by atoms with E-state index in [0.717, 1.165) is 24.4 Å². The summed E-state index contributed by atoms with van der Waals surface area (Å²) in [5, 5.41) is 4.50. The first-order valence-corrected chi connectivity index (χ1v) is 7.62. The zero-order chi connectivity index (χ0) is 15.6. The summed E-state index contributed by atoms with van der Waals surface area (Å²) in [5.41, 5.74) is 13.2. The van der Waals surface area contributed by atoms with E-state index in [-0.39, 0.29) is 11.2 Å². The van der Waals surface area contributed by atoms with Crippen LogP contribution in [0.2, 0.25) is 10.0 Å². The zero-order valence-electron chi connectivity index (χ0n) is 11.5. The van der Waals surface area contributed by atoms with Crippen LogP contribution >= 0.6 is 34.8 Å². The van der Waals surface area contributed by atoms with Gasteiger partial charge in [-0.1, -0.05) is 40.9 Å². The molecule has 114 valence electrons. The molecule has 0 aromatic heterocycles. The van der Waals surface area contributed by atoms with Crippen molar-refractivity contribution in [3.05, 3.63) is 56.6 Å². The Bertz CT molecular complexity index is 574. The van der Waals surface area contributed by atoms with E-state index < -0.39 is 0 Å². The number of hydrogen-bond acceptors (Lipinski definition) is 4. The van der Waals surface area contributed by atoms with Gasteiger partial charge in [-0.05, 0) is 25.1 Å². The van der Waals surface area contributed by atoms with Gasteiger partial charge in [-0.3, -0.25) is 0 Å². The SMILES string of the molecule is CC(c1c(Cl)cccc1Cl)N1CCNC(N)=C1C=C(N)Cl. The summed E-state index contributed by atoms with van der Waals surface area (Å²) in [6.45, 7) is 3.47. The van der Waals surface area contributed by atoms with Crippen LogP contribution in [0.4, 0.5) is 0 Å². The molecule has 0 spiro atoms. The van der Waals surface area contributed by atoms with Crippen LogP contribution in [0.5, 0.6) is 0 Å². The summed E-state index contributed by atoms with van der Waals surface area (Å²) in [6.07, 6.45) is 1.63. The molecule has 0 fully saturated rings. The van der Waals surface area contributed by atoms with E-state index in [1.165, 1.54) is 0 Å². The Morgan fingerprint density at radius 1 is 1.38 bits per heavy atom. The van der Waals surface area contributed by atoms with Gasteiger partial charge in [-0.2, -0.15) is 0 Å². The Balaban J connectivity index is 2.44. The van der Waals surface area contributed by atoms with Crippen LogP contribution in [-0.2, 0) is 0 Å². The van der Waals surface area contributed by atoms with Gasteiger partial charge in [0.2, 0.25) is 0 Å². The van der Waals surface area contributed by atoms with Crippen LogP contribution in [0.25, 0.3) is 0 Å². The molecule has 21 heavy (non-hydrogen) atoms. The minimum atomic E-state index is -0.0610. The highest BCUT2D eigenvalue weighted by molar-refractivity contribution is 6.36. The first-order valence-electron chi connectivity index (χ1n) is 6.48. The maximum absolute atomic E-state index is 6.29. The molecule has 4 nitrogen and oxygen atoms in total. The lowest BCUT2D eigenvalue weighted by atomic mass is 10.0. The van der Waals surface area contributed by atoms with Gasteiger partial charge < -0.3 is 21.7 Å². The smallest absolute Gasteiger partial charge is 0.120 e. The van der Waals surface area contributed by atoms with Crippen LogP contribution in [0.3, 0.4) is 0 Å². The number of rotatable bonds is 3. The molecule has 1 heterocycles. The fourth-order valence-electron chi connectivity index (χ4n) is 2.44. The van der Waals surface area contributed by atoms with Gasteiger partial charge in [-0.15, -0.1) is 0 Å². The van der Waals surface area contributed by atoms with E-state index in [1.54, 1.807) is 6.08 Å². The molecule has 2 rings (SSSR count). The molecule has 0 aliphatic carbocycles. The van der Waals surface area contributed by atoms with Crippen molar-refractivity contribution in [3.63, 3.8) is 0 Å². The van der Waals surface area contributed by atoms with Crippen LogP contribution in [-0.4, -0.2) is 18.0 Å². The highest BCUT2D eigenvalue weighted by atomic mass is 35.5. The lowest BCUT2D eigenvalue weighted by Crippen LogP contribution is -2.42. The third-order valence-electron chi connectivity index (χ3n) is 3.41. The Hall–Kier alpha value is -1.23. The predicted molar refractivity (Wildman–Crippen MR) is 88.9 cm³/mol. The van der Waals surface area contributed by atoms with E-state index in [0.29, 0.717) is 15.9 Å². The molecule has 1 atom stereocenters. The Kier molecular flexibility index (Phi) is 5.14. The van der Waals surface area contributed by atoms with Crippen molar-refractivity contribution in [2.45, 2.75) is 13.0 Å². The van der Waals surface area contributed by atoms with Gasteiger partial charge in [-0.25, -0.2) is 0 Å².